The van der Waals surface area contributed by atoms with Crippen LogP contribution in [0, 0.1) is 0 Å². The molecule has 0 amide bonds. The molecule has 0 bridgehead atoms. The summed E-state index contributed by atoms with van der Waals surface area (Å²) in [5, 5.41) is 13.4. The molecule has 2 N–H and O–H groups in total. The van der Waals surface area contributed by atoms with Crippen LogP contribution < -0.4 is 5.32 Å². The van der Waals surface area contributed by atoms with Crippen LogP contribution in [0.1, 0.15) is 42.2 Å². The number of aliphatic hydroxyl groups is 1. The Morgan fingerprint density at radius 1 is 1.11 bits per heavy atom. The third-order valence-corrected chi connectivity index (χ3v) is 3.87. The number of rotatable bonds is 3. The van der Waals surface area contributed by atoms with Gasteiger partial charge in [-0.25, -0.2) is 0 Å². The van der Waals surface area contributed by atoms with Gasteiger partial charge in [0, 0.05) is 11.3 Å². The summed E-state index contributed by atoms with van der Waals surface area (Å²) in [4.78, 5) is 0. The molecule has 19 heavy (non-hydrogen) atoms. The monoisotopic (exact) mass is 253 g/mol. The highest BCUT2D eigenvalue weighted by Gasteiger charge is 2.22. The Hall–Kier alpha value is -1.80. The van der Waals surface area contributed by atoms with Gasteiger partial charge in [-0.15, -0.1) is 0 Å². The zero-order valence-electron chi connectivity index (χ0n) is 11.1. The van der Waals surface area contributed by atoms with Gasteiger partial charge in [-0.05, 0) is 37.0 Å². The summed E-state index contributed by atoms with van der Waals surface area (Å²) < 4.78 is 0. The molecule has 2 aromatic carbocycles. The van der Waals surface area contributed by atoms with Gasteiger partial charge in [-0.1, -0.05) is 42.5 Å². The lowest BCUT2D eigenvalue weighted by Crippen LogP contribution is -2.09. The Labute approximate surface area is 114 Å². The van der Waals surface area contributed by atoms with Crippen LogP contribution in [0.5, 0.6) is 0 Å². The summed E-state index contributed by atoms with van der Waals surface area (Å²) in [6.45, 7) is 1.81. The van der Waals surface area contributed by atoms with Gasteiger partial charge in [0.1, 0.15) is 0 Å². The molecule has 0 heterocycles. The molecule has 2 unspecified atom stereocenters. The number of fused-ring (bicyclic) bond motifs is 1. The number of aryl methyl sites for hydroxylation is 1. The van der Waals surface area contributed by atoms with Crippen LogP contribution in [-0.4, -0.2) is 5.11 Å². The molecule has 0 aliphatic heterocycles. The van der Waals surface area contributed by atoms with Crippen LogP contribution in [0.25, 0.3) is 0 Å². The van der Waals surface area contributed by atoms with E-state index in [2.05, 4.69) is 29.6 Å². The molecular weight excluding hydrogens is 234 g/mol. The second-order valence-corrected chi connectivity index (χ2v) is 5.20. The summed E-state index contributed by atoms with van der Waals surface area (Å²) in [5.74, 6) is 0. The van der Waals surface area contributed by atoms with E-state index in [4.69, 9.17) is 0 Å². The van der Waals surface area contributed by atoms with Gasteiger partial charge in [0.05, 0.1) is 12.1 Å². The normalized spacial score (nSPS) is 18.9. The summed E-state index contributed by atoms with van der Waals surface area (Å²) in [5.41, 5.74) is 4.84. The number of hydrogen-bond acceptors (Lipinski definition) is 2. The molecule has 2 atom stereocenters. The SMILES string of the molecule is CC(O)c1ccccc1NC1CCc2ccccc21. The summed E-state index contributed by atoms with van der Waals surface area (Å²) in [6.07, 6.45) is 1.80. The Morgan fingerprint density at radius 2 is 1.84 bits per heavy atom. The molecule has 0 radical (unpaired) electrons. The molecule has 0 aromatic heterocycles. The first-order valence-corrected chi connectivity index (χ1v) is 6.87. The van der Waals surface area contributed by atoms with E-state index in [0.29, 0.717) is 6.04 Å². The minimum absolute atomic E-state index is 0.357. The lowest BCUT2D eigenvalue weighted by atomic mass is 10.1. The molecule has 0 fully saturated rings. The Bertz CT molecular complexity index is 577. The quantitative estimate of drug-likeness (QED) is 0.871. The maximum absolute atomic E-state index is 9.83. The minimum atomic E-state index is -0.444. The minimum Gasteiger partial charge on any atom is -0.389 e. The molecule has 1 aliphatic carbocycles. The van der Waals surface area contributed by atoms with Crippen LogP contribution in [0.4, 0.5) is 5.69 Å². The van der Waals surface area contributed by atoms with E-state index in [9.17, 15) is 5.11 Å². The van der Waals surface area contributed by atoms with E-state index in [-0.39, 0.29) is 0 Å². The topological polar surface area (TPSA) is 32.3 Å². The van der Waals surface area contributed by atoms with E-state index >= 15 is 0 Å². The standard InChI is InChI=1S/C17H19NO/c1-12(19)14-7-4-5-9-16(14)18-17-11-10-13-6-2-3-8-15(13)17/h2-9,12,17-19H,10-11H2,1H3. The fourth-order valence-electron chi connectivity index (χ4n) is 2.89. The van der Waals surface area contributed by atoms with Crippen molar-refractivity contribution in [3.05, 3.63) is 65.2 Å². The fraction of sp³-hybridized carbons (Fsp3) is 0.294. The second-order valence-electron chi connectivity index (χ2n) is 5.20. The number of nitrogens with one attached hydrogen (secondary N) is 1. The van der Waals surface area contributed by atoms with E-state index in [0.717, 1.165) is 24.1 Å². The highest BCUT2D eigenvalue weighted by atomic mass is 16.3. The van der Waals surface area contributed by atoms with E-state index < -0.39 is 6.10 Å². The zero-order chi connectivity index (χ0) is 13.2. The number of anilines is 1. The van der Waals surface area contributed by atoms with Crippen LogP contribution in [-0.2, 0) is 6.42 Å². The second kappa shape index (κ2) is 5.06. The first-order chi connectivity index (χ1) is 9.25. The molecular formula is C17H19NO. The van der Waals surface area contributed by atoms with Crippen molar-refractivity contribution in [2.45, 2.75) is 31.9 Å². The van der Waals surface area contributed by atoms with Gasteiger partial charge in [-0.2, -0.15) is 0 Å². The van der Waals surface area contributed by atoms with Crippen molar-refractivity contribution in [1.29, 1.82) is 0 Å². The summed E-state index contributed by atoms with van der Waals surface area (Å²) in [7, 11) is 0. The number of hydrogen-bond donors (Lipinski definition) is 2. The van der Waals surface area contributed by atoms with Gasteiger partial charge in [-0.3, -0.25) is 0 Å². The molecule has 0 saturated heterocycles. The van der Waals surface area contributed by atoms with Crippen molar-refractivity contribution in [3.8, 4) is 0 Å². The van der Waals surface area contributed by atoms with E-state index in [1.807, 2.05) is 31.2 Å². The van der Waals surface area contributed by atoms with E-state index in [1.54, 1.807) is 0 Å². The lowest BCUT2D eigenvalue weighted by Gasteiger charge is -2.19. The van der Waals surface area contributed by atoms with Crippen molar-refractivity contribution >= 4 is 5.69 Å². The van der Waals surface area contributed by atoms with Crippen molar-refractivity contribution in [2.24, 2.45) is 0 Å². The van der Waals surface area contributed by atoms with Gasteiger partial charge in [0.2, 0.25) is 0 Å². The smallest absolute Gasteiger partial charge is 0.0781 e. The molecule has 1 aliphatic rings. The molecule has 3 rings (SSSR count). The maximum Gasteiger partial charge on any atom is 0.0781 e. The molecule has 98 valence electrons. The predicted molar refractivity (Wildman–Crippen MR) is 78.2 cm³/mol. The number of benzene rings is 2. The number of aliphatic hydroxyl groups excluding tert-OH is 1. The predicted octanol–water partition coefficient (Wildman–Crippen LogP) is 3.84. The van der Waals surface area contributed by atoms with Gasteiger partial charge < -0.3 is 10.4 Å². The lowest BCUT2D eigenvalue weighted by molar-refractivity contribution is 0.200. The van der Waals surface area contributed by atoms with Gasteiger partial charge in [0.25, 0.3) is 0 Å². The van der Waals surface area contributed by atoms with Crippen molar-refractivity contribution in [3.63, 3.8) is 0 Å². The summed E-state index contributed by atoms with van der Waals surface area (Å²) in [6, 6.07) is 17.0. The van der Waals surface area contributed by atoms with Gasteiger partial charge >= 0.3 is 0 Å². The molecule has 2 heteroatoms. The highest BCUT2D eigenvalue weighted by molar-refractivity contribution is 5.54. The van der Waals surface area contributed by atoms with Crippen molar-refractivity contribution in [1.82, 2.24) is 0 Å². The van der Waals surface area contributed by atoms with Crippen LogP contribution >= 0.6 is 0 Å². The van der Waals surface area contributed by atoms with Crippen molar-refractivity contribution < 1.29 is 5.11 Å². The largest absolute Gasteiger partial charge is 0.389 e. The third-order valence-electron chi connectivity index (χ3n) is 3.87. The molecule has 0 spiro atoms. The van der Waals surface area contributed by atoms with Crippen LogP contribution in [0.3, 0.4) is 0 Å². The average Bonchev–Trinajstić information content (AvgIpc) is 2.83. The third kappa shape index (κ3) is 2.36. The van der Waals surface area contributed by atoms with Crippen LogP contribution in [0.2, 0.25) is 0 Å². The average molecular weight is 253 g/mol. The molecule has 2 aromatic rings. The maximum atomic E-state index is 9.83. The first kappa shape index (κ1) is 12.2. The molecule has 2 nitrogen and oxygen atoms in total. The Balaban J connectivity index is 1.88. The van der Waals surface area contributed by atoms with Crippen molar-refractivity contribution in [2.75, 3.05) is 5.32 Å². The van der Waals surface area contributed by atoms with E-state index in [1.165, 1.54) is 11.1 Å². The highest BCUT2D eigenvalue weighted by Crippen LogP contribution is 2.35. The first-order valence-electron chi connectivity index (χ1n) is 6.87. The summed E-state index contributed by atoms with van der Waals surface area (Å²) >= 11 is 0. The fourth-order valence-corrected chi connectivity index (χ4v) is 2.89. The van der Waals surface area contributed by atoms with Crippen LogP contribution in [0.15, 0.2) is 48.5 Å². The zero-order valence-corrected chi connectivity index (χ0v) is 11.1. The Morgan fingerprint density at radius 3 is 2.68 bits per heavy atom. The van der Waals surface area contributed by atoms with Gasteiger partial charge in [0.15, 0.2) is 0 Å². The number of para-hydroxylation sites is 1. The Kier molecular flexibility index (Phi) is 3.26. The molecule has 0 saturated carbocycles.